The number of thiol groups is 1. The Labute approximate surface area is 107 Å². The van der Waals surface area contributed by atoms with Gasteiger partial charge in [-0.2, -0.15) is 0 Å². The monoisotopic (exact) mass is 259 g/mol. The molecule has 0 saturated carbocycles. The minimum absolute atomic E-state index is 0.00407. The first-order valence-corrected chi connectivity index (χ1v) is 6.74. The molecule has 0 aliphatic rings. The van der Waals surface area contributed by atoms with E-state index in [1.807, 2.05) is 0 Å². The number of hydrogen-bond acceptors (Lipinski definition) is 3. The van der Waals surface area contributed by atoms with Crippen molar-refractivity contribution in [1.82, 2.24) is 0 Å². The van der Waals surface area contributed by atoms with Crippen LogP contribution in [0.5, 0.6) is 0 Å². The minimum atomic E-state index is -2.43. The van der Waals surface area contributed by atoms with Gasteiger partial charge in [0.25, 0.3) is 0 Å². The van der Waals surface area contributed by atoms with E-state index < -0.39 is 10.7 Å². The van der Waals surface area contributed by atoms with E-state index in [2.05, 4.69) is 6.07 Å². The Hall–Kier alpha value is -1.94. The van der Waals surface area contributed by atoms with E-state index in [0.717, 1.165) is 0 Å². The Morgan fingerprint density at radius 1 is 0.944 bits per heavy atom. The standard InChI is InChI=1S/C14H11O3S/c15-14(12-4-2-1-3-5-12)13-8-6-11(7-9-13)10-18(16)17/h2-9,18H,10H2. The summed E-state index contributed by atoms with van der Waals surface area (Å²) in [6.07, 6.45) is 0. The molecule has 4 heteroatoms. The molecule has 3 nitrogen and oxygen atoms in total. The molecule has 2 rings (SSSR count). The lowest BCUT2D eigenvalue weighted by Gasteiger charge is -2.02. The van der Waals surface area contributed by atoms with Gasteiger partial charge >= 0.3 is 0 Å². The van der Waals surface area contributed by atoms with Crippen molar-refractivity contribution < 1.29 is 13.2 Å². The molecule has 0 fully saturated rings. The lowest BCUT2D eigenvalue weighted by Crippen LogP contribution is -2.01. The molecular weight excluding hydrogens is 248 g/mol. The zero-order valence-corrected chi connectivity index (χ0v) is 10.4. The summed E-state index contributed by atoms with van der Waals surface area (Å²) in [4.78, 5) is 12.0. The molecule has 0 amide bonds. The molecule has 0 aromatic heterocycles. The molecule has 0 aliphatic heterocycles. The van der Waals surface area contributed by atoms with Crippen molar-refractivity contribution in [2.45, 2.75) is 5.75 Å². The largest absolute Gasteiger partial charge is 0.289 e. The van der Waals surface area contributed by atoms with Gasteiger partial charge in [-0.05, 0) is 11.6 Å². The van der Waals surface area contributed by atoms with Crippen molar-refractivity contribution in [2.24, 2.45) is 0 Å². The Morgan fingerprint density at radius 3 is 2.06 bits per heavy atom. The van der Waals surface area contributed by atoms with Gasteiger partial charge in [0.05, 0.1) is 5.75 Å². The van der Waals surface area contributed by atoms with E-state index in [9.17, 15) is 13.2 Å². The molecule has 0 N–H and O–H groups in total. The number of rotatable bonds is 4. The number of benzene rings is 2. The third kappa shape index (κ3) is 3.05. The quantitative estimate of drug-likeness (QED) is 0.673. The van der Waals surface area contributed by atoms with Crippen LogP contribution in [0.3, 0.4) is 0 Å². The minimum Gasteiger partial charge on any atom is -0.289 e. The van der Waals surface area contributed by atoms with Crippen molar-refractivity contribution in [3.63, 3.8) is 0 Å². The third-order valence-corrected chi connectivity index (χ3v) is 3.13. The van der Waals surface area contributed by atoms with Crippen LogP contribution in [-0.2, 0) is 16.5 Å². The summed E-state index contributed by atoms with van der Waals surface area (Å²) in [6.45, 7) is 0. The molecule has 0 atom stereocenters. The fraction of sp³-hybridized carbons (Fsp3) is 0.0714. The highest BCUT2D eigenvalue weighted by Gasteiger charge is 2.07. The summed E-state index contributed by atoms with van der Waals surface area (Å²) in [5.74, 6) is -0.0774. The molecule has 2 aromatic rings. The van der Waals surface area contributed by atoms with E-state index in [0.29, 0.717) is 16.7 Å². The van der Waals surface area contributed by atoms with Gasteiger partial charge in [0, 0.05) is 11.1 Å². The predicted octanol–water partition coefficient (Wildman–Crippen LogP) is 1.83. The Kier molecular flexibility index (Phi) is 3.89. The lowest BCUT2D eigenvalue weighted by molar-refractivity contribution is 0.103. The highest BCUT2D eigenvalue weighted by atomic mass is 32.2. The van der Waals surface area contributed by atoms with Crippen LogP contribution in [0.1, 0.15) is 21.5 Å². The summed E-state index contributed by atoms with van der Waals surface area (Å²) >= 11 is 0. The van der Waals surface area contributed by atoms with Crippen LogP contribution >= 0.6 is 0 Å². The normalized spacial score (nSPS) is 10.5. The summed E-state index contributed by atoms with van der Waals surface area (Å²) < 4.78 is 21.2. The molecule has 2 aromatic carbocycles. The van der Waals surface area contributed by atoms with E-state index in [4.69, 9.17) is 0 Å². The van der Waals surface area contributed by atoms with Gasteiger partial charge < -0.3 is 0 Å². The van der Waals surface area contributed by atoms with Gasteiger partial charge in [0.2, 0.25) is 0 Å². The van der Waals surface area contributed by atoms with Gasteiger partial charge in [-0.3, -0.25) is 4.79 Å². The topological polar surface area (TPSA) is 51.2 Å². The van der Waals surface area contributed by atoms with Crippen LogP contribution in [0.15, 0.2) is 48.5 Å². The molecule has 0 spiro atoms. The van der Waals surface area contributed by atoms with Crippen LogP contribution in [-0.4, -0.2) is 14.2 Å². The second-order valence-electron chi connectivity index (χ2n) is 3.81. The fourth-order valence-electron chi connectivity index (χ4n) is 1.62. The zero-order chi connectivity index (χ0) is 13.0. The lowest BCUT2D eigenvalue weighted by atomic mass is 10.0. The van der Waals surface area contributed by atoms with Gasteiger partial charge in [-0.1, -0.05) is 48.5 Å². The van der Waals surface area contributed by atoms with Crippen molar-refractivity contribution in [1.29, 1.82) is 0 Å². The number of ketones is 1. The second-order valence-corrected chi connectivity index (χ2v) is 4.79. The maximum atomic E-state index is 12.0. The summed E-state index contributed by atoms with van der Waals surface area (Å²) in [5.41, 5.74) is 1.83. The van der Waals surface area contributed by atoms with Crippen LogP contribution in [0, 0.1) is 6.07 Å². The smallest absolute Gasteiger partial charge is 0.193 e. The van der Waals surface area contributed by atoms with Crippen molar-refractivity contribution in [2.75, 3.05) is 0 Å². The van der Waals surface area contributed by atoms with Crippen LogP contribution in [0.4, 0.5) is 0 Å². The predicted molar refractivity (Wildman–Crippen MR) is 69.2 cm³/mol. The first-order chi connectivity index (χ1) is 8.66. The van der Waals surface area contributed by atoms with Crippen molar-refractivity contribution in [3.05, 3.63) is 71.3 Å². The van der Waals surface area contributed by atoms with Crippen LogP contribution in [0.25, 0.3) is 0 Å². The summed E-state index contributed by atoms with van der Waals surface area (Å²) in [5, 5.41) is 0. The first kappa shape index (κ1) is 12.5. The van der Waals surface area contributed by atoms with E-state index >= 15 is 0 Å². The SMILES string of the molecule is O=C(c1cc[c]cc1)c1ccc(C[SH](=O)=O)cc1. The number of hydrogen-bond donors (Lipinski definition) is 1. The maximum absolute atomic E-state index is 12.0. The van der Waals surface area contributed by atoms with Gasteiger partial charge in [0.15, 0.2) is 5.78 Å². The molecule has 0 heterocycles. The van der Waals surface area contributed by atoms with E-state index in [-0.39, 0.29) is 11.5 Å². The molecule has 0 saturated heterocycles. The molecule has 0 unspecified atom stereocenters. The number of carbonyl (C=O) groups excluding carboxylic acids is 1. The third-order valence-electron chi connectivity index (χ3n) is 2.51. The Balaban J connectivity index is 2.22. The Morgan fingerprint density at radius 2 is 1.50 bits per heavy atom. The van der Waals surface area contributed by atoms with Crippen LogP contribution in [0.2, 0.25) is 0 Å². The molecule has 0 bridgehead atoms. The average Bonchev–Trinajstić information content (AvgIpc) is 2.39. The number of carbonyl (C=O) groups is 1. The summed E-state index contributed by atoms with van der Waals surface area (Å²) in [7, 11) is -2.43. The van der Waals surface area contributed by atoms with Gasteiger partial charge in [0.1, 0.15) is 10.7 Å². The molecule has 18 heavy (non-hydrogen) atoms. The first-order valence-electron chi connectivity index (χ1n) is 5.38. The second kappa shape index (κ2) is 5.60. The van der Waals surface area contributed by atoms with Crippen molar-refractivity contribution in [3.8, 4) is 0 Å². The maximum Gasteiger partial charge on any atom is 0.193 e. The highest BCUT2D eigenvalue weighted by molar-refractivity contribution is 7.71. The molecular formula is C14H11O3S. The van der Waals surface area contributed by atoms with Gasteiger partial charge in [-0.15, -0.1) is 0 Å². The zero-order valence-electron chi connectivity index (χ0n) is 9.50. The van der Waals surface area contributed by atoms with Gasteiger partial charge in [-0.25, -0.2) is 8.42 Å². The molecule has 91 valence electrons. The fourth-order valence-corrected chi connectivity index (χ4v) is 2.12. The van der Waals surface area contributed by atoms with Crippen LogP contribution < -0.4 is 0 Å². The Bertz CT molecular complexity index is 605. The molecule has 0 aliphatic carbocycles. The molecule has 1 radical (unpaired) electrons. The van der Waals surface area contributed by atoms with E-state index in [1.54, 1.807) is 48.5 Å². The average molecular weight is 259 g/mol. The van der Waals surface area contributed by atoms with Crippen molar-refractivity contribution >= 4 is 16.5 Å². The highest BCUT2D eigenvalue weighted by Crippen LogP contribution is 2.11. The van der Waals surface area contributed by atoms with E-state index in [1.165, 1.54) is 0 Å². The summed E-state index contributed by atoms with van der Waals surface area (Å²) in [6, 6.07) is 16.2.